The maximum atomic E-state index is 15.2. The number of urea groups is 1. The first-order valence-corrected chi connectivity index (χ1v) is 28.6. The first-order valence-electron chi connectivity index (χ1n) is 28.6. The molecule has 1 aromatic carbocycles. The Labute approximate surface area is 474 Å². The number of nitrogens with one attached hydrogen (secondary N) is 2. The summed E-state index contributed by atoms with van der Waals surface area (Å²) < 4.78 is 51.2. The number of piperazine rings is 1. The Hall–Kier alpha value is -6.55. The van der Waals surface area contributed by atoms with E-state index in [0.717, 1.165) is 65.3 Å². The second-order valence-electron chi connectivity index (χ2n) is 23.8. The number of amides is 5. The van der Waals surface area contributed by atoms with Gasteiger partial charge in [0.25, 0.3) is 12.3 Å². The van der Waals surface area contributed by atoms with Crippen LogP contribution in [0.25, 0.3) is 33.4 Å². The Bertz CT molecular complexity index is 3020. The summed E-state index contributed by atoms with van der Waals surface area (Å²) in [5.74, 6) is -2.47. The molecule has 4 saturated heterocycles. The number of rotatable bonds is 11. The van der Waals surface area contributed by atoms with Gasteiger partial charge >= 0.3 is 12.0 Å². The lowest BCUT2D eigenvalue weighted by Crippen LogP contribution is -2.62. The highest BCUT2D eigenvalue weighted by Crippen LogP contribution is 2.44. The highest BCUT2D eigenvalue weighted by atomic mass is 19.3. The molecule has 4 aromatic rings. The van der Waals surface area contributed by atoms with Crippen LogP contribution in [0.1, 0.15) is 109 Å². The van der Waals surface area contributed by atoms with Gasteiger partial charge in [0.1, 0.15) is 24.4 Å². The van der Waals surface area contributed by atoms with Gasteiger partial charge in [-0.25, -0.2) is 19.0 Å². The molecule has 19 nitrogen and oxygen atoms in total. The van der Waals surface area contributed by atoms with Gasteiger partial charge in [0.15, 0.2) is 0 Å². The van der Waals surface area contributed by atoms with Crippen LogP contribution in [0.5, 0.6) is 0 Å². The number of benzene rings is 1. The number of likely N-dealkylation sites (tertiary alicyclic amines) is 1. The fourth-order valence-corrected chi connectivity index (χ4v) is 12.5. The number of cyclic esters (lactones) is 1. The number of carbonyl (C=O) groups is 5. The summed E-state index contributed by atoms with van der Waals surface area (Å²) in [5, 5.41) is 5.10. The van der Waals surface area contributed by atoms with Crippen LogP contribution < -0.4 is 15.6 Å². The van der Waals surface area contributed by atoms with E-state index in [1.807, 2.05) is 52.1 Å². The van der Waals surface area contributed by atoms with Gasteiger partial charge in [-0.15, -0.1) is 0 Å². The summed E-state index contributed by atoms with van der Waals surface area (Å²) in [7, 11) is 5.33. The van der Waals surface area contributed by atoms with Crippen LogP contribution in [0.3, 0.4) is 0 Å². The van der Waals surface area contributed by atoms with E-state index in [9.17, 15) is 24.0 Å². The van der Waals surface area contributed by atoms with E-state index in [1.54, 1.807) is 37.8 Å². The van der Waals surface area contributed by atoms with Gasteiger partial charge < -0.3 is 48.6 Å². The maximum absolute atomic E-state index is 15.2. The van der Waals surface area contributed by atoms with Crippen molar-refractivity contribution in [1.82, 2.24) is 49.9 Å². The number of hydrazine groups is 1. The molecule has 1 spiro atoms. The van der Waals surface area contributed by atoms with Crippen LogP contribution in [0.4, 0.5) is 19.3 Å². The fraction of sp³-hybridized carbons (Fsp3) is 0.583. The number of hydrogen-bond acceptors (Lipinski definition) is 13. The van der Waals surface area contributed by atoms with Crippen molar-refractivity contribution in [3.8, 4) is 22.5 Å². The Balaban J connectivity index is 1.10. The zero-order chi connectivity index (χ0) is 58.2. The van der Waals surface area contributed by atoms with E-state index in [2.05, 4.69) is 51.7 Å². The fourth-order valence-electron chi connectivity index (χ4n) is 12.5. The number of alkyl halides is 2. The lowest BCUT2D eigenvalue weighted by molar-refractivity contribution is -0.155. The van der Waals surface area contributed by atoms with E-state index in [-0.39, 0.29) is 48.5 Å². The van der Waals surface area contributed by atoms with Crippen molar-refractivity contribution >= 4 is 46.3 Å². The molecule has 81 heavy (non-hydrogen) atoms. The number of aromatic nitrogens is 3. The van der Waals surface area contributed by atoms with Crippen molar-refractivity contribution in [3.05, 3.63) is 77.8 Å². The number of methoxy groups -OCH3 is 1. The highest BCUT2D eigenvalue weighted by Gasteiger charge is 2.48. The molecule has 6 bridgehead atoms. The molecule has 0 unspecified atom stereocenters. The molecule has 5 atom stereocenters. The topological polar surface area (TPSA) is 187 Å². The number of anilines is 1. The van der Waals surface area contributed by atoms with E-state index < -0.39 is 71.5 Å². The zero-order valence-corrected chi connectivity index (χ0v) is 48.7. The molecule has 21 heteroatoms. The quantitative estimate of drug-likeness (QED) is 0.114. The standard InChI is InChI=1S/C60H81F2N11O8/c1-12-50(74)72-34-60(81-38(72)6)18-21-70(22-19-60)58(78)68(10)52(36(3)4)55(75)65-48-30-41-27-40(54(61)62)29-47(64-41)39-16-17-49-43(28-39)45(32-59(7,8)35-80-57(77)46-15-14-20-73(66-46)56(48)76)53(71(49)13-2)44-31-42(33-63-51(44)37(5)79-11)69-25-23-67(9)24-26-69/h12,16-17,27-29,31,33,36-38,46,48,52,54,66H,1,13-15,18-26,30,32,34-35H2,2-11H3,(H,65,75)/t37-,38+,46-,48-,52-/m0/s1. The van der Waals surface area contributed by atoms with Gasteiger partial charge in [-0.1, -0.05) is 40.3 Å². The Morgan fingerprint density at radius 2 is 1.75 bits per heavy atom. The predicted molar refractivity (Wildman–Crippen MR) is 304 cm³/mol. The number of hydrogen-bond donors (Lipinski definition) is 2. The van der Waals surface area contributed by atoms with Crippen molar-refractivity contribution in [3.63, 3.8) is 0 Å². The number of fused-ring (bicyclic) bond motifs is 6. The minimum absolute atomic E-state index is 0.0281. The first-order chi connectivity index (χ1) is 38.5. The van der Waals surface area contributed by atoms with Crippen molar-refractivity contribution < 1.29 is 47.0 Å². The molecule has 9 rings (SSSR count). The third kappa shape index (κ3) is 12.3. The third-order valence-corrected chi connectivity index (χ3v) is 17.1. The Morgan fingerprint density at radius 1 is 1.02 bits per heavy atom. The number of carbonyl (C=O) groups excluding carboxylic acids is 5. The first kappa shape index (κ1) is 59.1. The average Bonchev–Trinajstić information content (AvgIpc) is 4.01. The van der Waals surface area contributed by atoms with Crippen molar-refractivity contribution in [2.24, 2.45) is 11.3 Å². The summed E-state index contributed by atoms with van der Waals surface area (Å²) in [5.41, 5.74) is 7.85. The van der Waals surface area contributed by atoms with Gasteiger partial charge in [-0.05, 0) is 108 Å². The predicted octanol–water partition coefficient (Wildman–Crippen LogP) is 7.13. The summed E-state index contributed by atoms with van der Waals surface area (Å²) >= 11 is 0. The second-order valence-corrected chi connectivity index (χ2v) is 23.8. The van der Waals surface area contributed by atoms with Gasteiger partial charge in [-0.2, -0.15) is 0 Å². The van der Waals surface area contributed by atoms with E-state index >= 15 is 8.78 Å². The van der Waals surface area contributed by atoms with Crippen molar-refractivity contribution in [1.29, 1.82) is 0 Å². The molecule has 8 heterocycles. The monoisotopic (exact) mass is 1120 g/mol. The van der Waals surface area contributed by atoms with Crippen LogP contribution in [-0.2, 0) is 52.8 Å². The molecule has 0 saturated carbocycles. The van der Waals surface area contributed by atoms with Crippen LogP contribution >= 0.6 is 0 Å². The summed E-state index contributed by atoms with van der Waals surface area (Å²) in [6, 6.07) is 6.90. The van der Waals surface area contributed by atoms with E-state index in [0.29, 0.717) is 63.8 Å². The molecule has 2 N–H and O–H groups in total. The lowest BCUT2D eigenvalue weighted by Gasteiger charge is -2.41. The minimum Gasteiger partial charge on any atom is -0.464 e. The number of esters is 1. The molecule has 5 aliphatic rings. The number of ether oxygens (including phenoxy) is 3. The molecule has 0 aliphatic carbocycles. The normalized spacial score (nSPS) is 22.5. The molecule has 438 valence electrons. The minimum atomic E-state index is -2.91. The van der Waals surface area contributed by atoms with Crippen molar-refractivity contribution in [2.75, 3.05) is 85.1 Å². The number of aryl methyl sites for hydroxylation is 1. The summed E-state index contributed by atoms with van der Waals surface area (Å²) in [6.45, 7) is 22.4. The highest BCUT2D eigenvalue weighted by molar-refractivity contribution is 5.96. The summed E-state index contributed by atoms with van der Waals surface area (Å²) in [4.78, 5) is 90.4. The van der Waals surface area contributed by atoms with Crippen LogP contribution in [0, 0.1) is 11.3 Å². The number of halogens is 2. The smallest absolute Gasteiger partial charge is 0.324 e. The molecule has 0 radical (unpaired) electrons. The zero-order valence-electron chi connectivity index (χ0n) is 48.7. The largest absolute Gasteiger partial charge is 0.464 e. The van der Waals surface area contributed by atoms with Crippen LogP contribution in [0.15, 0.2) is 55.3 Å². The SMILES string of the molecule is C=CC(=O)N1CC2(CCN(C(=O)N(C)[C@H](C(=O)N[C@H]3Cc4cc(C(F)F)cc(n4)-c4ccc5c(c4)c(c(-c4cc(N6CCN(C)CC6)cnc4[C@H](C)OC)n5CC)CC(C)(C)COC(=O)[C@@H]4CCCN(N4)C3=O)C(C)C)CC2)O[C@@H]1C. The van der Waals surface area contributed by atoms with Crippen LogP contribution in [-0.4, -0.2) is 179 Å². The van der Waals surface area contributed by atoms with Gasteiger partial charge in [0, 0.05) is 112 Å². The van der Waals surface area contributed by atoms with Crippen LogP contribution in [0.2, 0.25) is 0 Å². The molecule has 4 fully saturated rings. The number of likely N-dealkylation sites (N-methyl/N-ethyl adjacent to an activating group) is 2. The second kappa shape index (κ2) is 24.1. The average molecular weight is 1120 g/mol. The summed E-state index contributed by atoms with van der Waals surface area (Å²) in [6.07, 6.45) is 1.30. The van der Waals surface area contributed by atoms with Gasteiger partial charge in [-0.3, -0.25) is 34.2 Å². The lowest BCUT2D eigenvalue weighted by atomic mass is 9.84. The number of pyridine rings is 2. The molecular formula is C60H81F2N11O8. The molecule has 3 aromatic heterocycles. The van der Waals surface area contributed by atoms with E-state index in [4.69, 9.17) is 24.2 Å². The van der Waals surface area contributed by atoms with Gasteiger partial charge in [0.05, 0.1) is 53.8 Å². The Morgan fingerprint density at radius 3 is 2.42 bits per heavy atom. The van der Waals surface area contributed by atoms with Crippen molar-refractivity contribution in [2.45, 2.75) is 136 Å². The third-order valence-electron chi connectivity index (χ3n) is 17.1. The number of piperidine rings is 1. The molecule has 5 amide bonds. The molecular weight excluding hydrogens is 1040 g/mol. The molecule has 5 aliphatic heterocycles. The van der Waals surface area contributed by atoms with Gasteiger partial charge in [0.2, 0.25) is 11.8 Å². The Kier molecular flexibility index (Phi) is 17.6. The maximum Gasteiger partial charge on any atom is 0.324 e. The van der Waals surface area contributed by atoms with E-state index in [1.165, 1.54) is 28.1 Å². The number of nitrogens with zero attached hydrogens (tertiary/aromatic N) is 9.